The second kappa shape index (κ2) is 7.10. The molecule has 0 aromatic carbocycles. The number of alkyl halides is 3. The molecular formula is C20H24F3NO9S2. The third kappa shape index (κ3) is 3.47. The van der Waals surface area contributed by atoms with Gasteiger partial charge in [0.1, 0.15) is 17.8 Å². The molecule has 0 radical (unpaired) electrons. The van der Waals surface area contributed by atoms with Crippen LogP contribution in [0.5, 0.6) is 0 Å². The second-order valence-electron chi connectivity index (χ2n) is 11.2. The molecule has 7 aliphatic rings. The summed E-state index contributed by atoms with van der Waals surface area (Å²) < 4.78 is 101. The van der Waals surface area contributed by atoms with Crippen LogP contribution in [-0.2, 0) is 43.6 Å². The summed E-state index contributed by atoms with van der Waals surface area (Å²) in [6, 6.07) is 0. The van der Waals surface area contributed by atoms with E-state index in [1.807, 2.05) is 0 Å². The van der Waals surface area contributed by atoms with E-state index >= 15 is 0 Å². The van der Waals surface area contributed by atoms with Crippen LogP contribution in [0.15, 0.2) is 0 Å². The molecule has 0 aromatic rings. The maximum atomic E-state index is 13.5. The summed E-state index contributed by atoms with van der Waals surface area (Å²) in [4.78, 5) is 26.4. The van der Waals surface area contributed by atoms with Gasteiger partial charge in [-0.05, 0) is 75.0 Å². The maximum Gasteiger partial charge on any atom is 0.512 e. The third-order valence-electron chi connectivity index (χ3n) is 8.98. The number of carbonyl (C=O) groups excluding carboxylic acids is 2. The van der Waals surface area contributed by atoms with Crippen LogP contribution in [0.25, 0.3) is 0 Å². The molecular weight excluding hydrogens is 519 g/mol. The van der Waals surface area contributed by atoms with E-state index in [2.05, 4.69) is 0 Å². The van der Waals surface area contributed by atoms with Crippen LogP contribution in [0.3, 0.4) is 0 Å². The first-order chi connectivity index (χ1) is 16.1. The molecule has 5 unspecified atom stereocenters. The van der Waals surface area contributed by atoms with Crippen LogP contribution in [0.2, 0.25) is 0 Å². The average Bonchev–Trinajstić information content (AvgIpc) is 3.27. The van der Waals surface area contributed by atoms with E-state index in [9.17, 15) is 39.6 Å². The van der Waals surface area contributed by atoms with Crippen molar-refractivity contribution in [2.75, 3.05) is 0 Å². The van der Waals surface area contributed by atoms with Crippen molar-refractivity contribution in [3.63, 3.8) is 0 Å². The van der Waals surface area contributed by atoms with Crippen LogP contribution in [-0.4, -0.2) is 52.1 Å². The molecule has 1 heterocycles. The Morgan fingerprint density at radius 1 is 0.971 bits per heavy atom. The molecule has 35 heavy (non-hydrogen) atoms. The fourth-order valence-corrected chi connectivity index (χ4v) is 10.4. The number of halogens is 3. The van der Waals surface area contributed by atoms with Crippen LogP contribution in [0, 0.1) is 35.0 Å². The molecule has 7 rings (SSSR count). The zero-order valence-electron chi connectivity index (χ0n) is 18.3. The van der Waals surface area contributed by atoms with E-state index in [0.717, 1.165) is 38.5 Å². The van der Waals surface area contributed by atoms with E-state index in [1.54, 1.807) is 0 Å². The number of rotatable bonds is 6. The molecule has 1 saturated heterocycles. The number of carbonyl (C=O) groups is 2. The summed E-state index contributed by atoms with van der Waals surface area (Å²) in [7, 11) is -11.6. The van der Waals surface area contributed by atoms with Crippen molar-refractivity contribution in [2.45, 2.75) is 74.7 Å². The van der Waals surface area contributed by atoms with Crippen LogP contribution >= 0.6 is 0 Å². The van der Waals surface area contributed by atoms with Gasteiger partial charge in [0.2, 0.25) is 0 Å². The van der Waals surface area contributed by atoms with E-state index in [1.165, 1.54) is 0 Å². The Labute approximate surface area is 199 Å². The molecule has 0 amide bonds. The molecule has 6 aliphatic carbocycles. The average molecular weight is 544 g/mol. The van der Waals surface area contributed by atoms with Crippen LogP contribution in [0.1, 0.15) is 51.4 Å². The first-order valence-corrected chi connectivity index (χ1v) is 14.5. The molecule has 0 aromatic heterocycles. The first-order valence-electron chi connectivity index (χ1n) is 11.6. The van der Waals surface area contributed by atoms with E-state index < -0.39 is 72.8 Å². The van der Waals surface area contributed by atoms with Gasteiger partial charge in [0.25, 0.3) is 0 Å². The Bertz CT molecular complexity index is 1170. The van der Waals surface area contributed by atoms with Gasteiger partial charge in [-0.2, -0.15) is 21.6 Å². The van der Waals surface area contributed by atoms with Crippen molar-refractivity contribution in [2.24, 2.45) is 35.0 Å². The molecule has 196 valence electrons. The zero-order chi connectivity index (χ0) is 25.2. The van der Waals surface area contributed by atoms with E-state index in [4.69, 9.17) is 13.7 Å². The standard InChI is InChI=1S/C20H24F3NO9S2/c21-20(22,23)34(27,28)24-35(29,30)33-14-12-4-13-15(14)31-16(25)19(13,8-12)17(26)32-18-5-9-1-10(6-18)3-11(2-9)7-18/h9-15,24H,1-8H2. The van der Waals surface area contributed by atoms with Crippen molar-refractivity contribution in [1.82, 2.24) is 4.13 Å². The maximum absolute atomic E-state index is 13.5. The Morgan fingerprint density at radius 3 is 2.09 bits per heavy atom. The summed E-state index contributed by atoms with van der Waals surface area (Å²) >= 11 is 0. The lowest BCUT2D eigenvalue weighted by Gasteiger charge is -2.56. The highest BCUT2D eigenvalue weighted by atomic mass is 32.3. The number of sulfonamides is 1. The van der Waals surface area contributed by atoms with Gasteiger partial charge in [0.15, 0.2) is 5.41 Å². The Balaban J connectivity index is 1.19. The van der Waals surface area contributed by atoms with Gasteiger partial charge in [-0.25, -0.2) is 12.6 Å². The number of hydrogen-bond donors (Lipinski definition) is 1. The minimum absolute atomic E-state index is 0.135. The number of nitrogens with one attached hydrogen (secondary N) is 1. The lowest BCUT2D eigenvalue weighted by molar-refractivity contribution is -0.199. The largest absolute Gasteiger partial charge is 0.512 e. The Kier molecular flexibility index (Phi) is 4.85. The molecule has 10 nitrogen and oxygen atoms in total. The van der Waals surface area contributed by atoms with Crippen LogP contribution in [0.4, 0.5) is 13.2 Å². The van der Waals surface area contributed by atoms with Crippen LogP contribution < -0.4 is 4.13 Å². The molecule has 6 bridgehead atoms. The van der Waals surface area contributed by atoms with Gasteiger partial charge in [-0.15, -0.1) is 0 Å². The summed E-state index contributed by atoms with van der Waals surface area (Å²) in [6.45, 7) is 0. The quantitative estimate of drug-likeness (QED) is 0.390. The topological polar surface area (TPSA) is 142 Å². The predicted octanol–water partition coefficient (Wildman–Crippen LogP) is 1.52. The molecule has 6 saturated carbocycles. The van der Waals surface area contributed by atoms with Crippen molar-refractivity contribution in [3.05, 3.63) is 0 Å². The van der Waals surface area contributed by atoms with Gasteiger partial charge < -0.3 is 9.47 Å². The smallest absolute Gasteiger partial charge is 0.458 e. The van der Waals surface area contributed by atoms with Crippen molar-refractivity contribution >= 4 is 32.3 Å². The minimum atomic E-state index is -6.23. The minimum Gasteiger partial charge on any atom is -0.458 e. The Hall–Kier alpha value is -1.45. The highest BCUT2D eigenvalue weighted by Crippen LogP contribution is 2.64. The zero-order valence-corrected chi connectivity index (χ0v) is 20.0. The summed E-state index contributed by atoms with van der Waals surface area (Å²) in [5.41, 5.74) is -8.07. The lowest BCUT2D eigenvalue weighted by Crippen LogP contribution is -2.55. The summed E-state index contributed by atoms with van der Waals surface area (Å²) in [6.07, 6.45) is 3.07. The molecule has 1 aliphatic heterocycles. The normalized spacial score (nSPS) is 45.7. The van der Waals surface area contributed by atoms with E-state index in [-0.39, 0.29) is 12.8 Å². The van der Waals surface area contributed by atoms with Crippen molar-refractivity contribution < 1.29 is 53.3 Å². The summed E-state index contributed by atoms with van der Waals surface area (Å²) in [5.74, 6) is -1.52. The second-order valence-corrected chi connectivity index (χ2v) is 14.4. The molecule has 5 atom stereocenters. The number of hydrogen-bond acceptors (Lipinski definition) is 9. The van der Waals surface area contributed by atoms with Gasteiger partial charge in [-0.1, -0.05) is 4.13 Å². The van der Waals surface area contributed by atoms with Crippen molar-refractivity contribution in [3.8, 4) is 0 Å². The van der Waals surface area contributed by atoms with Gasteiger partial charge >= 0.3 is 37.8 Å². The number of esters is 2. The highest BCUT2D eigenvalue weighted by Gasteiger charge is 2.76. The van der Waals surface area contributed by atoms with Crippen molar-refractivity contribution in [1.29, 1.82) is 0 Å². The predicted molar refractivity (Wildman–Crippen MR) is 107 cm³/mol. The molecule has 0 spiro atoms. The van der Waals surface area contributed by atoms with Gasteiger partial charge in [0.05, 0.1) is 0 Å². The first kappa shape index (κ1) is 23.9. The third-order valence-corrected chi connectivity index (χ3v) is 11.8. The fourth-order valence-electron chi connectivity index (χ4n) is 8.19. The highest BCUT2D eigenvalue weighted by molar-refractivity contribution is 8.03. The van der Waals surface area contributed by atoms with Gasteiger partial charge in [-0.3, -0.25) is 9.59 Å². The SMILES string of the molecule is O=C1OC2C(OS(=O)(=O)NS(=O)(=O)C(F)(F)F)C3CC2C1(C(=O)OC12CC4CC(CC(C4)C1)C2)C3. The fraction of sp³-hybridized carbons (Fsp3) is 0.900. The Morgan fingerprint density at radius 2 is 1.54 bits per heavy atom. The summed E-state index contributed by atoms with van der Waals surface area (Å²) in [5, 5.41) is 0. The van der Waals surface area contributed by atoms with Gasteiger partial charge in [0, 0.05) is 5.92 Å². The number of ether oxygens (including phenoxy) is 2. The lowest BCUT2D eigenvalue weighted by atomic mass is 9.54. The monoisotopic (exact) mass is 543 g/mol. The molecule has 15 heteroatoms. The van der Waals surface area contributed by atoms with E-state index in [0.29, 0.717) is 21.9 Å². The molecule has 1 N–H and O–H groups in total. The number of fused-ring (bicyclic) bond motifs is 1. The molecule has 7 fully saturated rings.